The monoisotopic (exact) mass is 331 g/mol. The normalized spacial score (nSPS) is 16.4. The lowest BCUT2D eigenvalue weighted by Crippen LogP contribution is -2.38. The number of rotatable bonds is 4. The van der Waals surface area contributed by atoms with Crippen LogP contribution in [0.5, 0.6) is 0 Å². The smallest absolute Gasteiger partial charge is 0.224 e. The van der Waals surface area contributed by atoms with Gasteiger partial charge in [-0.2, -0.15) is 0 Å². The number of nitrogens with zero attached hydrogens (tertiary/aromatic N) is 2. The van der Waals surface area contributed by atoms with Gasteiger partial charge in [0, 0.05) is 31.3 Å². The van der Waals surface area contributed by atoms with Crippen LogP contribution in [0.4, 0.5) is 0 Å². The number of aryl methyl sites for hydroxylation is 1. The lowest BCUT2D eigenvalue weighted by Gasteiger charge is -2.26. The molecule has 1 aliphatic heterocycles. The highest BCUT2D eigenvalue weighted by atomic mass is 16.1. The highest BCUT2D eigenvalue weighted by Crippen LogP contribution is 2.25. The van der Waals surface area contributed by atoms with Gasteiger partial charge in [-0.25, -0.2) is 4.98 Å². The molecule has 0 fully saturated rings. The molecule has 25 heavy (non-hydrogen) atoms. The van der Waals surface area contributed by atoms with Crippen molar-refractivity contribution in [2.75, 3.05) is 0 Å². The maximum Gasteiger partial charge on any atom is 0.224 e. The summed E-state index contributed by atoms with van der Waals surface area (Å²) in [6.45, 7) is 0.856. The zero-order valence-electron chi connectivity index (χ0n) is 14.0. The molecule has 2 heterocycles. The van der Waals surface area contributed by atoms with E-state index in [0.29, 0.717) is 6.42 Å². The van der Waals surface area contributed by atoms with E-state index in [-0.39, 0.29) is 17.9 Å². The second-order valence-corrected chi connectivity index (χ2v) is 6.49. The SMILES string of the molecule is O=C(NC(c1ccccc1)c1ccccc1)C1CCn2ccnc2C1. The van der Waals surface area contributed by atoms with E-state index in [1.165, 1.54) is 0 Å². The van der Waals surface area contributed by atoms with Crippen molar-refractivity contribution < 1.29 is 4.79 Å². The Balaban J connectivity index is 1.56. The van der Waals surface area contributed by atoms with E-state index >= 15 is 0 Å². The van der Waals surface area contributed by atoms with Gasteiger partial charge < -0.3 is 9.88 Å². The first kappa shape index (κ1) is 15.6. The minimum absolute atomic E-state index is 0.0233. The molecule has 2 aromatic carbocycles. The van der Waals surface area contributed by atoms with Crippen molar-refractivity contribution >= 4 is 5.91 Å². The Morgan fingerprint density at radius 3 is 2.32 bits per heavy atom. The van der Waals surface area contributed by atoms with Gasteiger partial charge in [0.2, 0.25) is 5.91 Å². The predicted molar refractivity (Wildman–Crippen MR) is 96.9 cm³/mol. The van der Waals surface area contributed by atoms with Gasteiger partial charge in [-0.3, -0.25) is 4.79 Å². The third-order valence-corrected chi connectivity index (χ3v) is 4.87. The van der Waals surface area contributed by atoms with Crippen LogP contribution in [-0.4, -0.2) is 15.5 Å². The molecule has 0 saturated heterocycles. The van der Waals surface area contributed by atoms with Crippen LogP contribution in [0.3, 0.4) is 0 Å². The van der Waals surface area contributed by atoms with Crippen LogP contribution >= 0.6 is 0 Å². The molecule has 126 valence electrons. The molecule has 0 saturated carbocycles. The van der Waals surface area contributed by atoms with Crippen LogP contribution < -0.4 is 5.32 Å². The molecule has 1 unspecified atom stereocenters. The lowest BCUT2D eigenvalue weighted by molar-refractivity contribution is -0.126. The summed E-state index contributed by atoms with van der Waals surface area (Å²) >= 11 is 0. The molecule has 4 rings (SSSR count). The van der Waals surface area contributed by atoms with Gasteiger partial charge in [0.1, 0.15) is 5.82 Å². The summed E-state index contributed by atoms with van der Waals surface area (Å²) in [5.41, 5.74) is 2.19. The Bertz CT molecular complexity index is 802. The highest BCUT2D eigenvalue weighted by Gasteiger charge is 2.27. The molecule has 1 aromatic heterocycles. The quantitative estimate of drug-likeness (QED) is 0.797. The van der Waals surface area contributed by atoms with Crippen LogP contribution in [0, 0.1) is 5.92 Å². The van der Waals surface area contributed by atoms with Crippen LogP contribution in [0.15, 0.2) is 73.1 Å². The van der Waals surface area contributed by atoms with E-state index < -0.39 is 0 Å². The molecule has 4 heteroatoms. The van der Waals surface area contributed by atoms with Crippen molar-refractivity contribution in [1.82, 2.24) is 14.9 Å². The van der Waals surface area contributed by atoms with Crippen molar-refractivity contribution in [2.45, 2.75) is 25.4 Å². The molecule has 0 spiro atoms. The Morgan fingerprint density at radius 1 is 1.04 bits per heavy atom. The van der Waals surface area contributed by atoms with E-state index in [9.17, 15) is 4.79 Å². The van der Waals surface area contributed by atoms with E-state index in [1.54, 1.807) is 0 Å². The van der Waals surface area contributed by atoms with Gasteiger partial charge in [0.05, 0.1) is 6.04 Å². The van der Waals surface area contributed by atoms with Gasteiger partial charge in [-0.1, -0.05) is 60.7 Å². The van der Waals surface area contributed by atoms with Gasteiger partial charge >= 0.3 is 0 Å². The summed E-state index contributed by atoms with van der Waals surface area (Å²) in [6.07, 6.45) is 5.35. The van der Waals surface area contributed by atoms with Gasteiger partial charge in [-0.05, 0) is 17.5 Å². The largest absolute Gasteiger partial charge is 0.345 e. The summed E-state index contributed by atoms with van der Waals surface area (Å²) in [5.74, 6) is 1.08. The first-order valence-electron chi connectivity index (χ1n) is 8.71. The molecule has 0 bridgehead atoms. The Kier molecular flexibility index (Phi) is 4.34. The molecule has 1 N–H and O–H groups in total. The average Bonchev–Trinajstić information content (AvgIpc) is 3.15. The molecular formula is C21H21N3O. The third kappa shape index (κ3) is 3.33. The van der Waals surface area contributed by atoms with Crippen LogP contribution in [0.25, 0.3) is 0 Å². The molecule has 1 atom stereocenters. The Hall–Kier alpha value is -2.88. The molecule has 0 radical (unpaired) electrons. The zero-order valence-corrected chi connectivity index (χ0v) is 14.0. The average molecular weight is 331 g/mol. The highest BCUT2D eigenvalue weighted by molar-refractivity contribution is 5.80. The number of carbonyl (C=O) groups is 1. The minimum atomic E-state index is -0.128. The van der Waals surface area contributed by atoms with E-state index in [1.807, 2.05) is 48.8 Å². The fourth-order valence-electron chi connectivity index (χ4n) is 3.48. The number of nitrogens with one attached hydrogen (secondary N) is 1. The van der Waals surface area contributed by atoms with Crippen molar-refractivity contribution in [1.29, 1.82) is 0 Å². The third-order valence-electron chi connectivity index (χ3n) is 4.87. The summed E-state index contributed by atoms with van der Waals surface area (Å²) in [6, 6.07) is 20.1. The van der Waals surface area contributed by atoms with Crippen LogP contribution in [0.1, 0.15) is 29.4 Å². The van der Waals surface area contributed by atoms with Crippen LogP contribution in [-0.2, 0) is 17.8 Å². The molecule has 3 aromatic rings. The van der Waals surface area contributed by atoms with Crippen molar-refractivity contribution in [3.63, 3.8) is 0 Å². The van der Waals surface area contributed by atoms with E-state index in [4.69, 9.17) is 0 Å². The molecule has 4 nitrogen and oxygen atoms in total. The predicted octanol–water partition coefficient (Wildman–Crippen LogP) is 3.35. The summed E-state index contributed by atoms with van der Waals surface area (Å²) in [7, 11) is 0. The number of amides is 1. The first-order valence-corrected chi connectivity index (χ1v) is 8.71. The zero-order chi connectivity index (χ0) is 17.1. The molecule has 0 aliphatic carbocycles. The van der Waals surface area contributed by atoms with Gasteiger partial charge in [0.15, 0.2) is 0 Å². The van der Waals surface area contributed by atoms with Gasteiger partial charge in [-0.15, -0.1) is 0 Å². The molecule has 1 amide bonds. The fourth-order valence-corrected chi connectivity index (χ4v) is 3.48. The second kappa shape index (κ2) is 6.93. The number of hydrogen-bond acceptors (Lipinski definition) is 2. The van der Waals surface area contributed by atoms with Crippen molar-refractivity contribution in [3.8, 4) is 0 Å². The lowest BCUT2D eigenvalue weighted by atomic mass is 9.94. The number of aromatic nitrogens is 2. The summed E-state index contributed by atoms with van der Waals surface area (Å²) in [5, 5.41) is 3.27. The maximum atomic E-state index is 12.9. The Morgan fingerprint density at radius 2 is 1.68 bits per heavy atom. The number of hydrogen-bond donors (Lipinski definition) is 1. The van der Waals surface area contributed by atoms with Crippen molar-refractivity contribution in [3.05, 3.63) is 90.0 Å². The standard InChI is InChI=1S/C21H21N3O/c25-21(18-11-13-24-14-12-22-19(24)15-18)23-20(16-7-3-1-4-8-16)17-9-5-2-6-10-17/h1-10,12,14,18,20H,11,13,15H2,(H,23,25). The number of fused-ring (bicyclic) bond motifs is 1. The fraction of sp³-hybridized carbons (Fsp3) is 0.238. The number of benzene rings is 2. The minimum Gasteiger partial charge on any atom is -0.345 e. The van der Waals surface area contributed by atoms with Crippen molar-refractivity contribution in [2.24, 2.45) is 5.92 Å². The second-order valence-electron chi connectivity index (χ2n) is 6.49. The van der Waals surface area contributed by atoms with E-state index in [2.05, 4.69) is 39.1 Å². The number of carbonyl (C=O) groups excluding carboxylic acids is 1. The Labute approximate surface area is 147 Å². The maximum absolute atomic E-state index is 12.9. The van der Waals surface area contributed by atoms with Gasteiger partial charge in [0.25, 0.3) is 0 Å². The summed E-state index contributed by atoms with van der Waals surface area (Å²) < 4.78 is 2.13. The molecule has 1 aliphatic rings. The summed E-state index contributed by atoms with van der Waals surface area (Å²) in [4.78, 5) is 17.3. The molecular weight excluding hydrogens is 310 g/mol. The van der Waals surface area contributed by atoms with Crippen LogP contribution in [0.2, 0.25) is 0 Å². The number of imidazole rings is 1. The topological polar surface area (TPSA) is 46.9 Å². The first-order chi connectivity index (χ1) is 12.3. The van der Waals surface area contributed by atoms with E-state index in [0.717, 1.165) is 29.9 Å².